The predicted octanol–water partition coefficient (Wildman–Crippen LogP) is 3.94. The van der Waals surface area contributed by atoms with Gasteiger partial charge in [-0.3, -0.25) is 4.79 Å². The molecule has 4 nitrogen and oxygen atoms in total. The number of aromatic nitrogens is 2. The molecule has 0 radical (unpaired) electrons. The maximum absolute atomic E-state index is 12.8. The van der Waals surface area contributed by atoms with Gasteiger partial charge in [0.2, 0.25) is 5.91 Å². The van der Waals surface area contributed by atoms with Gasteiger partial charge in [-0.1, -0.05) is 43.2 Å². The van der Waals surface area contributed by atoms with Crippen molar-refractivity contribution in [3.05, 3.63) is 66.3 Å². The summed E-state index contributed by atoms with van der Waals surface area (Å²) in [5.74, 6) is 1.36. The quantitative estimate of drug-likeness (QED) is 0.718. The Hall–Kier alpha value is -2.36. The molecule has 1 aliphatic carbocycles. The zero-order chi connectivity index (χ0) is 17.6. The van der Waals surface area contributed by atoms with Crippen LogP contribution in [0.4, 0.5) is 0 Å². The SMILES string of the molecule is C=CCN(Cc1nccn1Cc1ccccc1C)C(=O)C1CCCC1. The van der Waals surface area contributed by atoms with Crippen LogP contribution in [0.2, 0.25) is 0 Å². The fourth-order valence-corrected chi connectivity index (χ4v) is 3.60. The van der Waals surface area contributed by atoms with Crippen molar-refractivity contribution in [2.24, 2.45) is 5.92 Å². The fourth-order valence-electron chi connectivity index (χ4n) is 3.60. The molecule has 0 bridgehead atoms. The van der Waals surface area contributed by atoms with Crippen molar-refractivity contribution >= 4 is 5.91 Å². The van der Waals surface area contributed by atoms with Crippen LogP contribution in [-0.4, -0.2) is 26.9 Å². The van der Waals surface area contributed by atoms with Gasteiger partial charge in [-0.2, -0.15) is 0 Å². The van der Waals surface area contributed by atoms with Crippen LogP contribution in [-0.2, 0) is 17.9 Å². The van der Waals surface area contributed by atoms with Crippen LogP contribution in [0.25, 0.3) is 0 Å². The Morgan fingerprint density at radius 1 is 1.36 bits per heavy atom. The van der Waals surface area contributed by atoms with Gasteiger partial charge in [0.25, 0.3) is 0 Å². The normalized spacial score (nSPS) is 14.6. The number of benzene rings is 1. The van der Waals surface area contributed by atoms with Gasteiger partial charge in [-0.25, -0.2) is 4.98 Å². The van der Waals surface area contributed by atoms with Crippen LogP contribution < -0.4 is 0 Å². The summed E-state index contributed by atoms with van der Waals surface area (Å²) in [6.45, 7) is 7.84. The number of carbonyl (C=O) groups excluding carboxylic acids is 1. The fraction of sp³-hybridized carbons (Fsp3) is 0.429. The molecule has 1 fully saturated rings. The highest BCUT2D eigenvalue weighted by molar-refractivity contribution is 5.79. The maximum Gasteiger partial charge on any atom is 0.226 e. The Morgan fingerprint density at radius 2 is 2.12 bits per heavy atom. The van der Waals surface area contributed by atoms with E-state index in [4.69, 9.17) is 0 Å². The lowest BCUT2D eigenvalue weighted by Crippen LogP contribution is -2.35. The first-order valence-corrected chi connectivity index (χ1v) is 9.13. The van der Waals surface area contributed by atoms with E-state index in [1.807, 2.05) is 23.4 Å². The Morgan fingerprint density at radius 3 is 2.84 bits per heavy atom. The molecular formula is C21H27N3O. The Balaban J connectivity index is 1.74. The van der Waals surface area contributed by atoms with Gasteiger partial charge >= 0.3 is 0 Å². The van der Waals surface area contributed by atoms with Gasteiger partial charge in [0, 0.05) is 31.4 Å². The Labute approximate surface area is 150 Å². The van der Waals surface area contributed by atoms with Crippen molar-refractivity contribution < 1.29 is 4.79 Å². The van der Waals surface area contributed by atoms with Gasteiger partial charge in [0.05, 0.1) is 6.54 Å². The highest BCUT2D eigenvalue weighted by Gasteiger charge is 2.27. The van der Waals surface area contributed by atoms with Gasteiger partial charge in [0.15, 0.2) is 0 Å². The molecule has 4 heteroatoms. The number of hydrogen-bond acceptors (Lipinski definition) is 2. The molecule has 0 atom stereocenters. The summed E-state index contributed by atoms with van der Waals surface area (Å²) in [5, 5.41) is 0. The zero-order valence-electron chi connectivity index (χ0n) is 15.0. The van der Waals surface area contributed by atoms with E-state index in [1.165, 1.54) is 24.0 Å². The molecule has 2 aromatic rings. The Kier molecular flexibility index (Phi) is 5.69. The van der Waals surface area contributed by atoms with Crippen LogP contribution in [0.5, 0.6) is 0 Å². The van der Waals surface area contributed by atoms with Crippen molar-refractivity contribution in [2.75, 3.05) is 6.54 Å². The van der Waals surface area contributed by atoms with E-state index in [2.05, 4.69) is 47.3 Å². The summed E-state index contributed by atoms with van der Waals surface area (Å²) in [6, 6.07) is 8.39. The number of nitrogens with zero attached hydrogens (tertiary/aromatic N) is 3. The zero-order valence-corrected chi connectivity index (χ0v) is 15.0. The molecule has 0 unspecified atom stereocenters. The summed E-state index contributed by atoms with van der Waals surface area (Å²) in [6.07, 6.45) is 9.99. The third kappa shape index (κ3) is 4.19. The molecular weight excluding hydrogens is 310 g/mol. The highest BCUT2D eigenvalue weighted by atomic mass is 16.2. The first kappa shape index (κ1) is 17.5. The van der Waals surface area contributed by atoms with Gasteiger partial charge in [-0.15, -0.1) is 6.58 Å². The highest BCUT2D eigenvalue weighted by Crippen LogP contribution is 2.27. The summed E-state index contributed by atoms with van der Waals surface area (Å²) in [5.41, 5.74) is 2.55. The minimum absolute atomic E-state index is 0.180. The maximum atomic E-state index is 12.8. The van der Waals surface area contributed by atoms with Crippen LogP contribution in [0.15, 0.2) is 49.3 Å². The average Bonchev–Trinajstić information content (AvgIpc) is 3.28. The third-order valence-electron chi connectivity index (χ3n) is 5.10. The number of hydrogen-bond donors (Lipinski definition) is 0. The van der Waals surface area contributed by atoms with Gasteiger partial charge in [0.1, 0.15) is 5.82 Å². The second kappa shape index (κ2) is 8.15. The lowest BCUT2D eigenvalue weighted by atomic mass is 10.1. The van der Waals surface area contributed by atoms with E-state index in [1.54, 1.807) is 0 Å². The predicted molar refractivity (Wildman–Crippen MR) is 100 cm³/mol. The minimum atomic E-state index is 0.180. The molecule has 0 saturated heterocycles. The molecule has 1 heterocycles. The first-order valence-electron chi connectivity index (χ1n) is 9.13. The molecule has 0 N–H and O–H groups in total. The molecule has 3 rings (SSSR count). The number of amides is 1. The third-order valence-corrected chi connectivity index (χ3v) is 5.10. The monoisotopic (exact) mass is 337 g/mol. The van der Waals surface area contributed by atoms with Crippen molar-refractivity contribution in [3.8, 4) is 0 Å². The molecule has 1 amide bonds. The van der Waals surface area contributed by atoms with E-state index in [0.717, 1.165) is 25.2 Å². The smallest absolute Gasteiger partial charge is 0.226 e. The molecule has 1 aliphatic rings. The second-order valence-electron chi connectivity index (χ2n) is 6.89. The van der Waals surface area contributed by atoms with E-state index < -0.39 is 0 Å². The van der Waals surface area contributed by atoms with E-state index in [0.29, 0.717) is 13.1 Å². The summed E-state index contributed by atoms with van der Waals surface area (Å²) < 4.78 is 2.14. The number of imidazole rings is 1. The first-order chi connectivity index (χ1) is 12.2. The molecule has 1 aromatic carbocycles. The second-order valence-corrected chi connectivity index (χ2v) is 6.89. The molecule has 1 aromatic heterocycles. The van der Waals surface area contributed by atoms with E-state index in [-0.39, 0.29) is 11.8 Å². The van der Waals surface area contributed by atoms with Crippen molar-refractivity contribution in [1.29, 1.82) is 0 Å². The molecule has 132 valence electrons. The average molecular weight is 337 g/mol. The summed E-state index contributed by atoms with van der Waals surface area (Å²) in [7, 11) is 0. The molecule has 0 spiro atoms. The number of carbonyl (C=O) groups is 1. The largest absolute Gasteiger partial charge is 0.331 e. The lowest BCUT2D eigenvalue weighted by molar-refractivity contribution is -0.135. The van der Waals surface area contributed by atoms with Crippen LogP contribution in [0.3, 0.4) is 0 Å². The van der Waals surface area contributed by atoms with Gasteiger partial charge < -0.3 is 9.47 Å². The Bertz CT molecular complexity index is 728. The summed E-state index contributed by atoms with van der Waals surface area (Å²) >= 11 is 0. The van der Waals surface area contributed by atoms with Crippen molar-refractivity contribution in [3.63, 3.8) is 0 Å². The molecule has 1 saturated carbocycles. The number of rotatable bonds is 7. The van der Waals surface area contributed by atoms with Crippen LogP contribution >= 0.6 is 0 Å². The molecule has 25 heavy (non-hydrogen) atoms. The van der Waals surface area contributed by atoms with Crippen molar-refractivity contribution in [1.82, 2.24) is 14.5 Å². The van der Waals surface area contributed by atoms with E-state index >= 15 is 0 Å². The molecule has 0 aliphatic heterocycles. The lowest BCUT2D eigenvalue weighted by Gasteiger charge is -2.24. The number of aryl methyl sites for hydroxylation is 1. The van der Waals surface area contributed by atoms with E-state index in [9.17, 15) is 4.79 Å². The van der Waals surface area contributed by atoms with Crippen molar-refractivity contribution in [2.45, 2.75) is 45.7 Å². The van der Waals surface area contributed by atoms with Crippen LogP contribution in [0.1, 0.15) is 42.6 Å². The standard InChI is InChI=1S/C21H27N3O/c1-3-13-24(21(25)18-9-6-7-10-18)16-20-22-12-14-23(20)15-19-11-5-4-8-17(19)2/h3-5,8,11-12,14,18H,1,6-7,9-10,13,15-16H2,2H3. The van der Waals surface area contributed by atoms with Crippen LogP contribution in [0, 0.1) is 12.8 Å². The summed E-state index contributed by atoms with van der Waals surface area (Å²) in [4.78, 5) is 19.2. The van der Waals surface area contributed by atoms with Gasteiger partial charge in [-0.05, 0) is 30.9 Å². The topological polar surface area (TPSA) is 38.1 Å². The minimum Gasteiger partial charge on any atom is -0.331 e.